The van der Waals surface area contributed by atoms with Crippen LogP contribution in [0.25, 0.3) is 0 Å². The molecule has 0 fully saturated rings. The van der Waals surface area contributed by atoms with E-state index in [0.717, 1.165) is 12.1 Å². The molecule has 1 N–H and O–H groups in total. The van der Waals surface area contributed by atoms with E-state index in [1.807, 2.05) is 6.07 Å². The fourth-order valence-electron chi connectivity index (χ4n) is 2.17. The molecule has 0 saturated carbocycles. The highest BCUT2D eigenvalue weighted by molar-refractivity contribution is 9.09. The lowest BCUT2D eigenvalue weighted by molar-refractivity contribution is -0.116. The van der Waals surface area contributed by atoms with Crippen molar-refractivity contribution in [3.05, 3.63) is 51.7 Å². The highest BCUT2D eigenvalue weighted by Crippen LogP contribution is 2.34. The van der Waals surface area contributed by atoms with E-state index >= 15 is 0 Å². The maximum atomic E-state index is 11.3. The summed E-state index contributed by atoms with van der Waals surface area (Å²) >= 11 is 5.44. The summed E-state index contributed by atoms with van der Waals surface area (Å²) in [4.78, 5) is 11.5. The number of anilines is 1. The summed E-state index contributed by atoms with van der Waals surface area (Å²) in [6.07, 6.45) is 1.42. The molecular formula is C14H12BrNOS. The number of amides is 1. The number of aryl methyl sites for hydroxylation is 1. The zero-order valence-electron chi connectivity index (χ0n) is 9.65. The first kappa shape index (κ1) is 11.9. The zero-order valence-corrected chi connectivity index (χ0v) is 12.1. The molecule has 2 nitrogen and oxygen atoms in total. The van der Waals surface area contributed by atoms with Crippen molar-refractivity contribution < 1.29 is 4.79 Å². The van der Waals surface area contributed by atoms with Crippen LogP contribution in [-0.4, -0.2) is 5.91 Å². The second-order valence-electron chi connectivity index (χ2n) is 4.38. The molecule has 18 heavy (non-hydrogen) atoms. The summed E-state index contributed by atoms with van der Waals surface area (Å²) < 4.78 is 0. The summed E-state index contributed by atoms with van der Waals surface area (Å²) in [5.74, 6) is 0.114. The molecule has 0 radical (unpaired) electrons. The van der Waals surface area contributed by atoms with Gasteiger partial charge in [0.15, 0.2) is 0 Å². The van der Waals surface area contributed by atoms with Crippen LogP contribution in [0.1, 0.15) is 27.9 Å². The van der Waals surface area contributed by atoms with E-state index in [9.17, 15) is 4.79 Å². The first-order valence-electron chi connectivity index (χ1n) is 5.83. The Hall–Kier alpha value is -1.13. The average Bonchev–Trinajstić information content (AvgIpc) is 2.91. The van der Waals surface area contributed by atoms with Gasteiger partial charge in [-0.25, -0.2) is 0 Å². The van der Waals surface area contributed by atoms with E-state index in [0.29, 0.717) is 6.42 Å². The number of hydrogen-bond donors (Lipinski definition) is 1. The molecule has 3 rings (SSSR count). The Bertz CT molecular complexity index is 579. The molecule has 1 aromatic carbocycles. The molecule has 1 aliphatic rings. The topological polar surface area (TPSA) is 29.1 Å². The largest absolute Gasteiger partial charge is 0.326 e. The Kier molecular flexibility index (Phi) is 3.22. The third-order valence-electron chi connectivity index (χ3n) is 3.15. The smallest absolute Gasteiger partial charge is 0.224 e. The molecular weight excluding hydrogens is 310 g/mol. The maximum absolute atomic E-state index is 11.3. The van der Waals surface area contributed by atoms with Crippen molar-refractivity contribution in [2.24, 2.45) is 0 Å². The predicted molar refractivity (Wildman–Crippen MR) is 78.5 cm³/mol. The highest BCUT2D eigenvalue weighted by atomic mass is 79.9. The number of benzene rings is 1. The van der Waals surface area contributed by atoms with Gasteiger partial charge in [-0.1, -0.05) is 28.1 Å². The Balaban J connectivity index is 1.93. The highest BCUT2D eigenvalue weighted by Gasteiger charge is 2.17. The van der Waals surface area contributed by atoms with Gasteiger partial charge in [0, 0.05) is 12.1 Å². The minimum Gasteiger partial charge on any atom is -0.326 e. The van der Waals surface area contributed by atoms with Crippen LogP contribution in [0.3, 0.4) is 0 Å². The fraction of sp³-hybridized carbons (Fsp3) is 0.214. The third kappa shape index (κ3) is 2.22. The summed E-state index contributed by atoms with van der Waals surface area (Å²) in [6.45, 7) is 0. The van der Waals surface area contributed by atoms with Crippen LogP contribution in [0.2, 0.25) is 0 Å². The van der Waals surface area contributed by atoms with Gasteiger partial charge in [-0.3, -0.25) is 4.79 Å². The fourth-order valence-corrected chi connectivity index (χ4v) is 3.60. The molecule has 1 unspecified atom stereocenters. The van der Waals surface area contributed by atoms with Crippen molar-refractivity contribution in [2.45, 2.75) is 17.7 Å². The lowest BCUT2D eigenvalue weighted by Crippen LogP contribution is -2.19. The number of hydrogen-bond acceptors (Lipinski definition) is 2. The summed E-state index contributed by atoms with van der Waals surface area (Å²) in [5.41, 5.74) is 4.70. The molecule has 4 heteroatoms. The Morgan fingerprint density at radius 1 is 1.22 bits per heavy atom. The van der Waals surface area contributed by atoms with Crippen LogP contribution in [-0.2, 0) is 11.2 Å². The van der Waals surface area contributed by atoms with Crippen LogP contribution in [0, 0.1) is 0 Å². The van der Waals surface area contributed by atoms with Crippen molar-refractivity contribution in [1.29, 1.82) is 0 Å². The van der Waals surface area contributed by atoms with E-state index in [4.69, 9.17) is 0 Å². The quantitative estimate of drug-likeness (QED) is 0.828. The average molecular weight is 322 g/mol. The second-order valence-corrected chi connectivity index (χ2v) is 6.08. The second kappa shape index (κ2) is 4.86. The lowest BCUT2D eigenvalue weighted by Gasteiger charge is -2.19. The van der Waals surface area contributed by atoms with Crippen LogP contribution in [0.5, 0.6) is 0 Å². The van der Waals surface area contributed by atoms with Crippen LogP contribution in [0.15, 0.2) is 35.0 Å². The molecule has 92 valence electrons. The van der Waals surface area contributed by atoms with E-state index in [1.165, 1.54) is 16.7 Å². The monoisotopic (exact) mass is 321 g/mol. The van der Waals surface area contributed by atoms with Gasteiger partial charge in [0.05, 0.1) is 4.83 Å². The molecule has 0 saturated heterocycles. The number of carbonyl (C=O) groups is 1. The molecule has 0 spiro atoms. The molecule has 1 amide bonds. The van der Waals surface area contributed by atoms with Gasteiger partial charge >= 0.3 is 0 Å². The third-order valence-corrected chi connectivity index (χ3v) is 4.91. The van der Waals surface area contributed by atoms with Crippen molar-refractivity contribution >= 4 is 38.9 Å². The predicted octanol–water partition coefficient (Wildman–Crippen LogP) is 4.12. The minimum atomic E-state index is 0.114. The Morgan fingerprint density at radius 3 is 2.89 bits per heavy atom. The molecule has 2 heterocycles. The SMILES string of the molecule is O=C1CCc2cc(C(Br)c3ccsc3)ccc2N1. The number of alkyl halides is 1. The Morgan fingerprint density at radius 2 is 2.11 bits per heavy atom. The van der Waals surface area contributed by atoms with Gasteiger partial charge in [-0.15, -0.1) is 0 Å². The van der Waals surface area contributed by atoms with Gasteiger partial charge in [0.2, 0.25) is 5.91 Å². The van der Waals surface area contributed by atoms with Gasteiger partial charge in [-0.05, 0) is 46.0 Å². The van der Waals surface area contributed by atoms with E-state index in [2.05, 4.69) is 50.2 Å². The standard InChI is InChI=1S/C14H12BrNOS/c15-14(11-5-6-18-8-11)10-1-3-12-9(7-10)2-4-13(17)16-12/h1,3,5-8,14H,2,4H2,(H,16,17). The summed E-state index contributed by atoms with van der Waals surface area (Å²) in [5, 5.41) is 7.15. The van der Waals surface area contributed by atoms with Crippen molar-refractivity contribution in [3.63, 3.8) is 0 Å². The molecule has 0 aliphatic carbocycles. The molecule has 1 atom stereocenters. The summed E-state index contributed by atoms with van der Waals surface area (Å²) in [6, 6.07) is 8.39. The van der Waals surface area contributed by atoms with Gasteiger partial charge in [0.25, 0.3) is 0 Å². The number of rotatable bonds is 2. The van der Waals surface area contributed by atoms with Crippen LogP contribution in [0.4, 0.5) is 5.69 Å². The van der Waals surface area contributed by atoms with Gasteiger partial charge in [0.1, 0.15) is 0 Å². The molecule has 2 aromatic rings. The van der Waals surface area contributed by atoms with Crippen LogP contribution >= 0.6 is 27.3 Å². The zero-order chi connectivity index (χ0) is 12.5. The molecule has 0 bridgehead atoms. The first-order valence-corrected chi connectivity index (χ1v) is 7.69. The number of nitrogens with one attached hydrogen (secondary N) is 1. The number of thiophene rings is 1. The molecule has 1 aromatic heterocycles. The normalized spacial score (nSPS) is 15.9. The van der Waals surface area contributed by atoms with E-state index in [-0.39, 0.29) is 10.7 Å². The number of fused-ring (bicyclic) bond motifs is 1. The minimum absolute atomic E-state index is 0.114. The Labute approximate surface area is 118 Å². The first-order chi connectivity index (χ1) is 8.74. The number of carbonyl (C=O) groups excluding carboxylic acids is 1. The van der Waals surface area contributed by atoms with Crippen molar-refractivity contribution in [1.82, 2.24) is 0 Å². The van der Waals surface area contributed by atoms with Crippen LogP contribution < -0.4 is 5.32 Å². The summed E-state index contributed by atoms with van der Waals surface area (Å²) in [7, 11) is 0. The van der Waals surface area contributed by atoms with Gasteiger partial charge in [-0.2, -0.15) is 11.3 Å². The number of halogens is 1. The van der Waals surface area contributed by atoms with Gasteiger partial charge < -0.3 is 5.32 Å². The van der Waals surface area contributed by atoms with Crippen molar-refractivity contribution in [2.75, 3.05) is 5.32 Å². The van der Waals surface area contributed by atoms with E-state index < -0.39 is 0 Å². The van der Waals surface area contributed by atoms with E-state index in [1.54, 1.807) is 11.3 Å². The molecule has 1 aliphatic heterocycles. The van der Waals surface area contributed by atoms with Crippen molar-refractivity contribution in [3.8, 4) is 0 Å². The lowest BCUT2D eigenvalue weighted by atomic mass is 9.98. The maximum Gasteiger partial charge on any atom is 0.224 e.